The summed E-state index contributed by atoms with van der Waals surface area (Å²) in [7, 11) is 0. The first-order valence-corrected chi connectivity index (χ1v) is 5.94. The summed E-state index contributed by atoms with van der Waals surface area (Å²) in [4.78, 5) is 0. The number of hydrogen-bond acceptors (Lipinski definition) is 2. The summed E-state index contributed by atoms with van der Waals surface area (Å²) in [5.41, 5.74) is 9.85. The van der Waals surface area contributed by atoms with Gasteiger partial charge in [0.15, 0.2) is 0 Å². The Morgan fingerprint density at radius 3 is 2.53 bits per heavy atom. The van der Waals surface area contributed by atoms with Crippen molar-refractivity contribution in [2.75, 3.05) is 0 Å². The van der Waals surface area contributed by atoms with Gasteiger partial charge in [-0.05, 0) is 44.4 Å². The maximum atomic E-state index is 6.17. The summed E-state index contributed by atoms with van der Waals surface area (Å²) in [5, 5.41) is 0. The Kier molecular flexibility index (Phi) is 3.34. The van der Waals surface area contributed by atoms with E-state index in [2.05, 4.69) is 31.2 Å². The van der Waals surface area contributed by atoms with Crippen molar-refractivity contribution in [3.05, 3.63) is 58.5 Å². The first kappa shape index (κ1) is 11.9. The number of aryl methyl sites for hydroxylation is 3. The monoisotopic (exact) mass is 229 g/mol. The summed E-state index contributed by atoms with van der Waals surface area (Å²) in [6.45, 7) is 6.11. The molecule has 2 N–H and O–H groups in total. The van der Waals surface area contributed by atoms with Crippen LogP contribution >= 0.6 is 0 Å². The van der Waals surface area contributed by atoms with Gasteiger partial charge in [-0.2, -0.15) is 0 Å². The molecular weight excluding hydrogens is 210 g/mol. The van der Waals surface area contributed by atoms with E-state index in [0.717, 1.165) is 17.9 Å². The summed E-state index contributed by atoms with van der Waals surface area (Å²) in [5.74, 6) is 1.83. The smallest absolute Gasteiger partial charge is 0.121 e. The molecule has 0 radical (unpaired) electrons. The fourth-order valence-corrected chi connectivity index (χ4v) is 1.98. The third-order valence-electron chi connectivity index (χ3n) is 3.09. The van der Waals surface area contributed by atoms with Gasteiger partial charge in [-0.25, -0.2) is 0 Å². The number of rotatable bonds is 3. The third-order valence-corrected chi connectivity index (χ3v) is 3.09. The maximum absolute atomic E-state index is 6.17. The quantitative estimate of drug-likeness (QED) is 0.875. The predicted octanol–water partition coefficient (Wildman–Crippen LogP) is 3.45. The van der Waals surface area contributed by atoms with E-state index in [1.807, 2.05) is 19.9 Å². The van der Waals surface area contributed by atoms with Crippen LogP contribution in [-0.4, -0.2) is 0 Å². The first-order valence-electron chi connectivity index (χ1n) is 5.94. The lowest BCUT2D eigenvalue weighted by Gasteiger charge is -2.09. The van der Waals surface area contributed by atoms with Gasteiger partial charge in [-0.3, -0.25) is 0 Å². The van der Waals surface area contributed by atoms with E-state index in [4.69, 9.17) is 10.2 Å². The van der Waals surface area contributed by atoms with Crippen LogP contribution in [0.1, 0.15) is 34.3 Å². The van der Waals surface area contributed by atoms with Crippen molar-refractivity contribution in [3.8, 4) is 0 Å². The highest BCUT2D eigenvalue weighted by molar-refractivity contribution is 5.26. The lowest BCUT2D eigenvalue weighted by atomic mass is 10.0. The van der Waals surface area contributed by atoms with E-state index in [0.29, 0.717) is 0 Å². The molecule has 2 heteroatoms. The largest absolute Gasteiger partial charge is 0.464 e. The number of benzene rings is 1. The molecule has 1 atom stereocenters. The van der Waals surface area contributed by atoms with Crippen molar-refractivity contribution in [2.24, 2.45) is 5.73 Å². The molecule has 1 unspecified atom stereocenters. The van der Waals surface area contributed by atoms with Crippen molar-refractivity contribution >= 4 is 0 Å². The van der Waals surface area contributed by atoms with Crippen LogP contribution in [0.15, 0.2) is 34.7 Å². The SMILES string of the molecule is Cc1cccc(CC(N)c2cc(C)c(C)o2)c1. The minimum Gasteiger partial charge on any atom is -0.464 e. The predicted molar refractivity (Wildman–Crippen MR) is 70.0 cm³/mol. The Hall–Kier alpha value is -1.54. The first-order chi connectivity index (χ1) is 8.06. The zero-order chi connectivity index (χ0) is 12.4. The van der Waals surface area contributed by atoms with Crippen LogP contribution in [-0.2, 0) is 6.42 Å². The molecule has 2 aromatic rings. The molecule has 0 amide bonds. The van der Waals surface area contributed by atoms with Crippen molar-refractivity contribution in [3.63, 3.8) is 0 Å². The second kappa shape index (κ2) is 4.76. The molecule has 17 heavy (non-hydrogen) atoms. The van der Waals surface area contributed by atoms with Crippen LogP contribution in [0.3, 0.4) is 0 Å². The van der Waals surface area contributed by atoms with Gasteiger partial charge >= 0.3 is 0 Å². The minimum atomic E-state index is -0.0656. The molecule has 2 rings (SSSR count). The Morgan fingerprint density at radius 1 is 1.18 bits per heavy atom. The number of hydrogen-bond donors (Lipinski definition) is 1. The lowest BCUT2D eigenvalue weighted by molar-refractivity contribution is 0.444. The molecule has 0 spiro atoms. The zero-order valence-electron chi connectivity index (χ0n) is 10.7. The second-order valence-corrected chi connectivity index (χ2v) is 4.69. The molecule has 0 aliphatic rings. The molecule has 2 nitrogen and oxygen atoms in total. The molecule has 0 aliphatic carbocycles. The van der Waals surface area contributed by atoms with Gasteiger partial charge < -0.3 is 10.2 Å². The maximum Gasteiger partial charge on any atom is 0.121 e. The Morgan fingerprint density at radius 2 is 1.94 bits per heavy atom. The van der Waals surface area contributed by atoms with E-state index in [1.54, 1.807) is 0 Å². The molecule has 90 valence electrons. The van der Waals surface area contributed by atoms with Gasteiger partial charge in [0.1, 0.15) is 11.5 Å². The summed E-state index contributed by atoms with van der Waals surface area (Å²) in [6, 6.07) is 10.4. The zero-order valence-corrected chi connectivity index (χ0v) is 10.7. The average molecular weight is 229 g/mol. The molecule has 0 aliphatic heterocycles. The van der Waals surface area contributed by atoms with E-state index >= 15 is 0 Å². The molecule has 1 aromatic carbocycles. The Balaban J connectivity index is 2.14. The van der Waals surface area contributed by atoms with Crippen molar-refractivity contribution in [1.82, 2.24) is 0 Å². The fourth-order valence-electron chi connectivity index (χ4n) is 1.98. The molecule has 0 bridgehead atoms. The number of nitrogens with two attached hydrogens (primary N) is 1. The Labute approximate surface area is 102 Å². The molecule has 0 saturated heterocycles. The van der Waals surface area contributed by atoms with Gasteiger partial charge in [-0.1, -0.05) is 29.8 Å². The van der Waals surface area contributed by atoms with Gasteiger partial charge in [0.25, 0.3) is 0 Å². The second-order valence-electron chi connectivity index (χ2n) is 4.69. The number of furan rings is 1. The average Bonchev–Trinajstić information content (AvgIpc) is 2.59. The third kappa shape index (κ3) is 2.77. The summed E-state index contributed by atoms with van der Waals surface area (Å²) in [6.07, 6.45) is 0.814. The van der Waals surface area contributed by atoms with Gasteiger partial charge in [0.2, 0.25) is 0 Å². The van der Waals surface area contributed by atoms with Gasteiger partial charge in [0.05, 0.1) is 6.04 Å². The van der Waals surface area contributed by atoms with Crippen LogP contribution < -0.4 is 5.73 Å². The normalized spacial score (nSPS) is 12.7. The van der Waals surface area contributed by atoms with Crippen LogP contribution in [0.25, 0.3) is 0 Å². The lowest BCUT2D eigenvalue weighted by Crippen LogP contribution is -2.12. The topological polar surface area (TPSA) is 39.2 Å². The van der Waals surface area contributed by atoms with Gasteiger partial charge in [-0.15, -0.1) is 0 Å². The van der Waals surface area contributed by atoms with Crippen molar-refractivity contribution in [1.29, 1.82) is 0 Å². The van der Waals surface area contributed by atoms with Crippen molar-refractivity contribution in [2.45, 2.75) is 33.2 Å². The summed E-state index contributed by atoms with van der Waals surface area (Å²) >= 11 is 0. The fraction of sp³-hybridized carbons (Fsp3) is 0.333. The minimum absolute atomic E-state index is 0.0656. The van der Waals surface area contributed by atoms with Crippen molar-refractivity contribution < 1.29 is 4.42 Å². The van der Waals surface area contributed by atoms with Crippen LogP contribution in [0, 0.1) is 20.8 Å². The van der Waals surface area contributed by atoms with E-state index in [1.165, 1.54) is 16.7 Å². The van der Waals surface area contributed by atoms with Crippen LogP contribution in [0.2, 0.25) is 0 Å². The molecule has 0 saturated carbocycles. The summed E-state index contributed by atoms with van der Waals surface area (Å²) < 4.78 is 5.65. The van der Waals surface area contributed by atoms with Crippen LogP contribution in [0.4, 0.5) is 0 Å². The molecule has 1 heterocycles. The highest BCUT2D eigenvalue weighted by Gasteiger charge is 2.12. The highest BCUT2D eigenvalue weighted by atomic mass is 16.3. The highest BCUT2D eigenvalue weighted by Crippen LogP contribution is 2.21. The molecule has 1 aromatic heterocycles. The van der Waals surface area contributed by atoms with Gasteiger partial charge in [0, 0.05) is 0 Å². The Bertz CT molecular complexity index is 494. The van der Waals surface area contributed by atoms with E-state index < -0.39 is 0 Å². The van der Waals surface area contributed by atoms with Crippen LogP contribution in [0.5, 0.6) is 0 Å². The van der Waals surface area contributed by atoms with E-state index in [9.17, 15) is 0 Å². The standard InChI is InChI=1S/C15H19NO/c1-10-5-4-6-13(7-10)9-14(16)15-8-11(2)12(3)17-15/h4-8,14H,9,16H2,1-3H3. The molecular formula is C15H19NO. The molecule has 0 fully saturated rings. The van der Waals surface area contributed by atoms with E-state index in [-0.39, 0.29) is 6.04 Å².